The summed E-state index contributed by atoms with van der Waals surface area (Å²) in [5.41, 5.74) is 1.60. The van der Waals surface area contributed by atoms with Gasteiger partial charge in [0.25, 0.3) is 0 Å². The number of aliphatic hydroxyl groups is 1. The highest BCUT2D eigenvalue weighted by molar-refractivity contribution is 5.74. The number of phenols is 1. The smallest absolute Gasteiger partial charge is 0.311 e. The Kier molecular flexibility index (Phi) is 2.83. The van der Waals surface area contributed by atoms with Crippen LogP contribution in [-0.4, -0.2) is 23.3 Å². The summed E-state index contributed by atoms with van der Waals surface area (Å²) in [7, 11) is 1.31. The van der Waals surface area contributed by atoms with Crippen LogP contribution >= 0.6 is 0 Å². The Bertz CT molecular complexity index is 413. The molecule has 2 N–H and O–H groups in total. The van der Waals surface area contributed by atoms with Crippen molar-refractivity contribution in [2.24, 2.45) is 5.92 Å². The largest absolute Gasteiger partial charge is 0.508 e. The van der Waals surface area contributed by atoms with E-state index in [1.165, 1.54) is 13.2 Å². The molecule has 0 amide bonds. The highest BCUT2D eigenvalue weighted by Crippen LogP contribution is 2.36. The van der Waals surface area contributed by atoms with Crippen LogP contribution < -0.4 is 0 Å². The van der Waals surface area contributed by atoms with Crippen molar-refractivity contribution >= 4 is 5.97 Å². The van der Waals surface area contributed by atoms with Crippen molar-refractivity contribution in [2.75, 3.05) is 7.11 Å². The van der Waals surface area contributed by atoms with Crippen LogP contribution in [0.5, 0.6) is 5.75 Å². The number of hydrogen-bond donors (Lipinski definition) is 2. The number of esters is 1. The summed E-state index contributed by atoms with van der Waals surface area (Å²) >= 11 is 0. The molecule has 1 aromatic carbocycles. The van der Waals surface area contributed by atoms with E-state index >= 15 is 0 Å². The van der Waals surface area contributed by atoms with Crippen molar-refractivity contribution in [3.05, 3.63) is 29.3 Å². The normalized spacial score (nSPS) is 23.6. The van der Waals surface area contributed by atoms with Crippen molar-refractivity contribution in [1.29, 1.82) is 0 Å². The predicted octanol–water partition coefficient (Wildman–Crippen LogP) is 1.16. The molecule has 0 spiro atoms. The minimum Gasteiger partial charge on any atom is -0.508 e. The Morgan fingerprint density at radius 3 is 2.94 bits per heavy atom. The minimum absolute atomic E-state index is 0.100. The first-order valence-corrected chi connectivity index (χ1v) is 5.21. The van der Waals surface area contributed by atoms with Gasteiger partial charge in [-0.3, -0.25) is 4.79 Å². The first-order chi connectivity index (χ1) is 7.63. The van der Waals surface area contributed by atoms with E-state index in [9.17, 15) is 15.0 Å². The predicted molar refractivity (Wildman–Crippen MR) is 56.9 cm³/mol. The number of carbonyl (C=O) groups is 1. The zero-order chi connectivity index (χ0) is 11.7. The number of carbonyl (C=O) groups excluding carboxylic acids is 1. The third kappa shape index (κ3) is 1.76. The molecule has 86 valence electrons. The highest BCUT2D eigenvalue weighted by atomic mass is 16.5. The van der Waals surface area contributed by atoms with E-state index in [1.54, 1.807) is 12.1 Å². The van der Waals surface area contributed by atoms with Crippen molar-refractivity contribution in [1.82, 2.24) is 0 Å². The average Bonchev–Trinajstić information content (AvgIpc) is 2.29. The number of aliphatic hydroxyl groups excluding tert-OH is 1. The number of benzene rings is 1. The van der Waals surface area contributed by atoms with Crippen LogP contribution in [0.2, 0.25) is 0 Å². The maximum absolute atomic E-state index is 11.4. The van der Waals surface area contributed by atoms with Gasteiger partial charge in [0, 0.05) is 0 Å². The monoisotopic (exact) mass is 222 g/mol. The van der Waals surface area contributed by atoms with Gasteiger partial charge in [-0.2, -0.15) is 0 Å². The lowest BCUT2D eigenvalue weighted by molar-refractivity contribution is -0.150. The Morgan fingerprint density at radius 1 is 1.50 bits per heavy atom. The average molecular weight is 222 g/mol. The Labute approximate surface area is 93.5 Å². The van der Waals surface area contributed by atoms with E-state index in [1.807, 2.05) is 0 Å². The second kappa shape index (κ2) is 4.14. The van der Waals surface area contributed by atoms with E-state index in [2.05, 4.69) is 4.74 Å². The molecule has 1 aliphatic carbocycles. The van der Waals surface area contributed by atoms with Crippen molar-refractivity contribution in [3.8, 4) is 5.75 Å². The molecule has 0 heterocycles. The highest BCUT2D eigenvalue weighted by Gasteiger charge is 2.33. The van der Waals surface area contributed by atoms with Crippen LogP contribution in [0.25, 0.3) is 0 Å². The van der Waals surface area contributed by atoms with E-state index in [-0.39, 0.29) is 5.75 Å². The summed E-state index contributed by atoms with van der Waals surface area (Å²) in [5, 5.41) is 19.4. The van der Waals surface area contributed by atoms with Crippen LogP contribution in [0.15, 0.2) is 18.2 Å². The lowest BCUT2D eigenvalue weighted by atomic mass is 9.81. The van der Waals surface area contributed by atoms with Gasteiger partial charge in [-0.15, -0.1) is 0 Å². The molecular weight excluding hydrogens is 208 g/mol. The lowest BCUT2D eigenvalue weighted by Crippen LogP contribution is -2.28. The maximum Gasteiger partial charge on any atom is 0.311 e. The second-order valence-corrected chi connectivity index (χ2v) is 4.00. The van der Waals surface area contributed by atoms with Gasteiger partial charge < -0.3 is 14.9 Å². The molecule has 0 bridgehead atoms. The third-order valence-corrected chi connectivity index (χ3v) is 3.06. The van der Waals surface area contributed by atoms with Gasteiger partial charge in [-0.05, 0) is 36.1 Å². The van der Waals surface area contributed by atoms with Crippen LogP contribution in [0, 0.1) is 5.92 Å². The number of aryl methyl sites for hydroxylation is 1. The molecule has 16 heavy (non-hydrogen) atoms. The summed E-state index contributed by atoms with van der Waals surface area (Å²) in [4.78, 5) is 11.4. The molecule has 1 aliphatic rings. The van der Waals surface area contributed by atoms with E-state index < -0.39 is 18.0 Å². The number of rotatable bonds is 1. The fourth-order valence-electron chi connectivity index (χ4n) is 2.17. The molecule has 1 aromatic rings. The Morgan fingerprint density at radius 2 is 2.25 bits per heavy atom. The van der Waals surface area contributed by atoms with Crippen molar-refractivity contribution in [3.63, 3.8) is 0 Å². The van der Waals surface area contributed by atoms with Crippen LogP contribution in [-0.2, 0) is 16.0 Å². The number of methoxy groups -OCH3 is 1. The maximum atomic E-state index is 11.4. The summed E-state index contributed by atoms with van der Waals surface area (Å²) in [5.74, 6) is -0.830. The first-order valence-electron chi connectivity index (χ1n) is 5.21. The fourth-order valence-corrected chi connectivity index (χ4v) is 2.17. The van der Waals surface area contributed by atoms with Crippen LogP contribution in [0.3, 0.4) is 0 Å². The van der Waals surface area contributed by atoms with E-state index in [0.717, 1.165) is 5.56 Å². The standard InChI is InChI=1S/C12H14O4/c1-16-12(15)9-5-3-7-2-4-8(13)6-10(7)11(9)14/h2,4,6,9,11,13-14H,3,5H2,1H3. The lowest BCUT2D eigenvalue weighted by Gasteiger charge is -2.28. The number of phenolic OH excluding ortho intramolecular Hbond substituents is 1. The molecule has 4 heteroatoms. The fraction of sp³-hybridized carbons (Fsp3) is 0.417. The molecule has 0 saturated carbocycles. The summed E-state index contributed by atoms with van der Waals surface area (Å²) in [6.45, 7) is 0. The third-order valence-electron chi connectivity index (χ3n) is 3.06. The molecule has 2 unspecified atom stereocenters. The summed E-state index contributed by atoms with van der Waals surface area (Å²) < 4.78 is 4.64. The van der Waals surface area contributed by atoms with Gasteiger partial charge in [0.05, 0.1) is 19.1 Å². The van der Waals surface area contributed by atoms with Gasteiger partial charge in [0.1, 0.15) is 5.75 Å². The topological polar surface area (TPSA) is 66.8 Å². The minimum atomic E-state index is -0.886. The quantitative estimate of drug-likeness (QED) is 0.700. The van der Waals surface area contributed by atoms with Crippen LogP contribution in [0.1, 0.15) is 23.7 Å². The van der Waals surface area contributed by atoms with E-state index in [4.69, 9.17) is 0 Å². The molecule has 0 radical (unpaired) electrons. The SMILES string of the molecule is COC(=O)C1CCc2ccc(O)cc2C1O. The summed E-state index contributed by atoms with van der Waals surface area (Å²) in [6.07, 6.45) is 0.404. The van der Waals surface area contributed by atoms with Gasteiger partial charge in [0.15, 0.2) is 0 Å². The molecule has 0 fully saturated rings. The zero-order valence-corrected chi connectivity index (χ0v) is 9.01. The number of fused-ring (bicyclic) bond motifs is 1. The van der Waals surface area contributed by atoms with Gasteiger partial charge >= 0.3 is 5.97 Å². The van der Waals surface area contributed by atoms with Crippen molar-refractivity contribution < 1.29 is 19.7 Å². The van der Waals surface area contributed by atoms with Gasteiger partial charge in [-0.1, -0.05) is 6.07 Å². The molecule has 2 atom stereocenters. The Hall–Kier alpha value is -1.55. The van der Waals surface area contributed by atoms with Gasteiger partial charge in [0.2, 0.25) is 0 Å². The molecule has 0 aromatic heterocycles. The number of ether oxygens (including phenoxy) is 1. The zero-order valence-electron chi connectivity index (χ0n) is 9.01. The summed E-state index contributed by atoms with van der Waals surface area (Å²) in [6, 6.07) is 4.88. The molecular formula is C12H14O4. The van der Waals surface area contributed by atoms with Gasteiger partial charge in [-0.25, -0.2) is 0 Å². The second-order valence-electron chi connectivity index (χ2n) is 4.00. The molecule has 4 nitrogen and oxygen atoms in total. The first kappa shape index (κ1) is 11.0. The van der Waals surface area contributed by atoms with Crippen molar-refractivity contribution in [2.45, 2.75) is 18.9 Å². The number of aromatic hydroxyl groups is 1. The molecule has 0 saturated heterocycles. The van der Waals surface area contributed by atoms with Crippen LogP contribution in [0.4, 0.5) is 0 Å². The molecule has 2 rings (SSSR count). The molecule has 0 aliphatic heterocycles. The number of hydrogen-bond acceptors (Lipinski definition) is 4. The Balaban J connectivity index is 2.34. The van der Waals surface area contributed by atoms with E-state index in [0.29, 0.717) is 18.4 Å².